The van der Waals surface area contributed by atoms with Crippen molar-refractivity contribution >= 4 is 28.1 Å². The highest BCUT2D eigenvalue weighted by Gasteiger charge is 2.20. The van der Waals surface area contributed by atoms with Crippen LogP contribution in [0.25, 0.3) is 10.8 Å². The van der Waals surface area contributed by atoms with Gasteiger partial charge in [0.2, 0.25) is 5.91 Å². The van der Waals surface area contributed by atoms with Crippen molar-refractivity contribution in [3.8, 4) is 5.88 Å². The SMILES string of the molecule is COc1nn(CCC(=O)Nc2cnn(Cc3cccc4ccccc34)c2)cc1[N+](=O)[O-]. The molecule has 2 aromatic carbocycles. The number of aromatic nitrogens is 4. The summed E-state index contributed by atoms with van der Waals surface area (Å²) in [7, 11) is 1.31. The molecule has 0 aliphatic heterocycles. The number of nitro groups is 1. The molecule has 0 aliphatic carbocycles. The summed E-state index contributed by atoms with van der Waals surface area (Å²) in [6.45, 7) is 0.758. The summed E-state index contributed by atoms with van der Waals surface area (Å²) in [6.07, 6.45) is 4.69. The number of hydrogen-bond acceptors (Lipinski definition) is 6. The third kappa shape index (κ3) is 4.53. The molecule has 0 radical (unpaired) electrons. The third-order valence-corrected chi connectivity index (χ3v) is 4.80. The van der Waals surface area contributed by atoms with Gasteiger partial charge in [-0.25, -0.2) is 0 Å². The van der Waals surface area contributed by atoms with Crippen molar-refractivity contribution < 1.29 is 14.5 Å². The van der Waals surface area contributed by atoms with Gasteiger partial charge in [0.15, 0.2) is 0 Å². The Bertz CT molecular complexity index is 1240. The Morgan fingerprint density at radius 3 is 2.74 bits per heavy atom. The highest BCUT2D eigenvalue weighted by atomic mass is 16.6. The first-order valence-electron chi connectivity index (χ1n) is 9.58. The average Bonchev–Trinajstić information content (AvgIpc) is 3.39. The molecular formula is C21H20N6O4. The molecule has 4 aromatic rings. The number of nitrogens with zero attached hydrogens (tertiary/aromatic N) is 5. The number of benzene rings is 2. The van der Waals surface area contributed by atoms with Crippen LogP contribution in [0.4, 0.5) is 11.4 Å². The number of rotatable bonds is 8. The van der Waals surface area contributed by atoms with E-state index in [2.05, 4.69) is 39.8 Å². The average molecular weight is 420 g/mol. The van der Waals surface area contributed by atoms with Gasteiger partial charge in [-0.1, -0.05) is 42.5 Å². The molecule has 4 rings (SSSR count). The van der Waals surface area contributed by atoms with Crippen molar-refractivity contribution in [3.63, 3.8) is 0 Å². The van der Waals surface area contributed by atoms with Crippen LogP contribution in [-0.4, -0.2) is 37.5 Å². The molecule has 2 heterocycles. The smallest absolute Gasteiger partial charge is 0.350 e. The molecule has 1 N–H and O–H groups in total. The maximum absolute atomic E-state index is 12.3. The van der Waals surface area contributed by atoms with Crippen LogP contribution in [0.5, 0.6) is 5.88 Å². The number of nitrogens with one attached hydrogen (secondary N) is 1. The predicted molar refractivity (Wildman–Crippen MR) is 114 cm³/mol. The minimum Gasteiger partial charge on any atom is -0.475 e. The number of fused-ring (bicyclic) bond motifs is 1. The van der Waals surface area contributed by atoms with Crippen molar-refractivity contribution in [2.75, 3.05) is 12.4 Å². The first-order valence-corrected chi connectivity index (χ1v) is 9.58. The Hall–Kier alpha value is -4.21. The highest BCUT2D eigenvalue weighted by molar-refractivity contribution is 5.90. The van der Waals surface area contributed by atoms with Gasteiger partial charge >= 0.3 is 11.6 Å². The van der Waals surface area contributed by atoms with Crippen LogP contribution >= 0.6 is 0 Å². The van der Waals surface area contributed by atoms with Crippen LogP contribution in [0.1, 0.15) is 12.0 Å². The lowest BCUT2D eigenvalue weighted by molar-refractivity contribution is -0.385. The number of carbonyl (C=O) groups excluding carboxylic acids is 1. The Labute approximate surface area is 177 Å². The summed E-state index contributed by atoms with van der Waals surface area (Å²) in [4.78, 5) is 22.7. The molecular weight excluding hydrogens is 400 g/mol. The number of amides is 1. The van der Waals surface area contributed by atoms with E-state index in [0.717, 1.165) is 16.3 Å². The summed E-state index contributed by atoms with van der Waals surface area (Å²) in [5, 5.41) is 24.4. The molecule has 0 unspecified atom stereocenters. The minimum atomic E-state index is -0.577. The van der Waals surface area contributed by atoms with Crippen LogP contribution in [0.3, 0.4) is 0 Å². The van der Waals surface area contributed by atoms with Crippen LogP contribution < -0.4 is 10.1 Å². The van der Waals surface area contributed by atoms with Crippen molar-refractivity contribution in [2.45, 2.75) is 19.5 Å². The molecule has 0 fully saturated rings. The van der Waals surface area contributed by atoms with Gasteiger partial charge in [-0.3, -0.25) is 24.3 Å². The van der Waals surface area contributed by atoms with Crippen LogP contribution in [0, 0.1) is 10.1 Å². The van der Waals surface area contributed by atoms with Crippen molar-refractivity contribution in [1.82, 2.24) is 19.6 Å². The van der Waals surface area contributed by atoms with E-state index in [1.54, 1.807) is 17.1 Å². The largest absolute Gasteiger partial charge is 0.475 e. The van der Waals surface area contributed by atoms with E-state index in [9.17, 15) is 14.9 Å². The van der Waals surface area contributed by atoms with Crippen molar-refractivity contribution in [3.05, 3.63) is 76.7 Å². The molecule has 0 aliphatic rings. The Kier molecular flexibility index (Phi) is 5.61. The van der Waals surface area contributed by atoms with Crippen LogP contribution in [-0.2, 0) is 17.9 Å². The fourth-order valence-corrected chi connectivity index (χ4v) is 3.34. The lowest BCUT2D eigenvalue weighted by Crippen LogP contribution is -2.14. The van der Waals surface area contributed by atoms with Gasteiger partial charge in [0.05, 0.1) is 37.0 Å². The summed E-state index contributed by atoms with van der Waals surface area (Å²) < 4.78 is 7.97. The quantitative estimate of drug-likeness (QED) is 0.345. The monoisotopic (exact) mass is 420 g/mol. The van der Waals surface area contributed by atoms with Crippen LogP contribution in [0.15, 0.2) is 61.1 Å². The van der Waals surface area contributed by atoms with E-state index in [-0.39, 0.29) is 30.4 Å². The summed E-state index contributed by atoms with van der Waals surface area (Å²) in [6, 6.07) is 14.3. The van der Waals surface area contributed by atoms with Gasteiger partial charge in [0, 0.05) is 12.6 Å². The Morgan fingerprint density at radius 1 is 1.16 bits per heavy atom. The first kappa shape index (κ1) is 20.1. The molecule has 0 saturated heterocycles. The van der Waals surface area contributed by atoms with Gasteiger partial charge in [-0.15, -0.1) is 5.10 Å². The second-order valence-corrected chi connectivity index (χ2v) is 6.91. The van der Waals surface area contributed by atoms with E-state index < -0.39 is 4.92 Å². The minimum absolute atomic E-state index is 0.0832. The fraction of sp³-hybridized carbons (Fsp3) is 0.190. The Morgan fingerprint density at radius 2 is 1.97 bits per heavy atom. The van der Waals surface area contributed by atoms with Gasteiger partial charge in [-0.05, 0) is 16.3 Å². The topological polar surface area (TPSA) is 117 Å². The van der Waals surface area contributed by atoms with Crippen molar-refractivity contribution in [2.24, 2.45) is 0 Å². The van der Waals surface area contributed by atoms with Gasteiger partial charge in [0.25, 0.3) is 0 Å². The first-order chi connectivity index (χ1) is 15.0. The number of hydrogen-bond donors (Lipinski definition) is 1. The van der Waals surface area contributed by atoms with Crippen molar-refractivity contribution in [1.29, 1.82) is 0 Å². The van der Waals surface area contributed by atoms with E-state index in [1.807, 2.05) is 18.2 Å². The number of carbonyl (C=O) groups is 1. The zero-order valence-electron chi connectivity index (χ0n) is 16.8. The lowest BCUT2D eigenvalue weighted by atomic mass is 10.0. The lowest BCUT2D eigenvalue weighted by Gasteiger charge is -2.06. The number of ether oxygens (including phenoxy) is 1. The van der Waals surface area contributed by atoms with E-state index in [1.165, 1.54) is 18.0 Å². The zero-order chi connectivity index (χ0) is 21.8. The normalized spacial score (nSPS) is 10.9. The molecule has 0 saturated carbocycles. The fourth-order valence-electron chi connectivity index (χ4n) is 3.34. The molecule has 158 valence electrons. The maximum atomic E-state index is 12.3. The second-order valence-electron chi connectivity index (χ2n) is 6.91. The molecule has 2 aromatic heterocycles. The predicted octanol–water partition coefficient (Wildman–Crippen LogP) is 3.23. The Balaban J connectivity index is 1.36. The maximum Gasteiger partial charge on any atom is 0.350 e. The molecule has 0 atom stereocenters. The highest BCUT2D eigenvalue weighted by Crippen LogP contribution is 2.24. The van der Waals surface area contributed by atoms with Gasteiger partial charge < -0.3 is 10.1 Å². The zero-order valence-corrected chi connectivity index (χ0v) is 16.8. The standard InChI is InChI=1S/C21H20N6O4/c1-31-21-19(27(29)30)14-25(24-21)10-9-20(28)23-17-11-22-26(13-17)12-16-7-4-6-15-5-2-3-8-18(15)16/h2-8,11,13-14H,9-10,12H2,1H3,(H,23,28). The molecule has 31 heavy (non-hydrogen) atoms. The number of aryl methyl sites for hydroxylation is 1. The van der Waals surface area contributed by atoms with Gasteiger partial charge in [-0.2, -0.15) is 5.10 Å². The summed E-state index contributed by atoms with van der Waals surface area (Å²) in [5.74, 6) is -0.332. The number of anilines is 1. The molecule has 0 bridgehead atoms. The number of methoxy groups -OCH3 is 1. The van der Waals surface area contributed by atoms with E-state index in [0.29, 0.717) is 12.2 Å². The van der Waals surface area contributed by atoms with Crippen LogP contribution in [0.2, 0.25) is 0 Å². The van der Waals surface area contributed by atoms with Gasteiger partial charge in [0.1, 0.15) is 6.20 Å². The third-order valence-electron chi connectivity index (χ3n) is 4.80. The molecule has 10 nitrogen and oxygen atoms in total. The summed E-state index contributed by atoms with van der Waals surface area (Å²) >= 11 is 0. The van der Waals surface area contributed by atoms with E-state index in [4.69, 9.17) is 4.74 Å². The van der Waals surface area contributed by atoms with E-state index >= 15 is 0 Å². The second kappa shape index (κ2) is 8.66. The molecule has 10 heteroatoms. The summed E-state index contributed by atoms with van der Waals surface area (Å²) in [5.41, 5.74) is 1.47. The molecule has 0 spiro atoms. The molecule has 1 amide bonds.